The number of ether oxygens (including phenoxy) is 3. The van der Waals surface area contributed by atoms with E-state index in [1.807, 2.05) is 44.2 Å². The van der Waals surface area contributed by atoms with Gasteiger partial charge in [-0.1, -0.05) is 16.8 Å². The minimum absolute atomic E-state index is 0.0518. The molecule has 10 nitrogen and oxygen atoms in total. The van der Waals surface area contributed by atoms with Crippen LogP contribution in [0.2, 0.25) is 5.02 Å². The summed E-state index contributed by atoms with van der Waals surface area (Å²) in [5.41, 5.74) is 8.78. The van der Waals surface area contributed by atoms with Crippen molar-refractivity contribution in [1.82, 2.24) is 20.2 Å². The number of oxime groups is 1. The average Bonchev–Trinajstić information content (AvgIpc) is 3.56. The van der Waals surface area contributed by atoms with Crippen molar-refractivity contribution < 1.29 is 19.0 Å². The number of tetrazole rings is 1. The lowest BCUT2D eigenvalue weighted by atomic mass is 10.0. The van der Waals surface area contributed by atoms with Gasteiger partial charge in [0.2, 0.25) is 5.82 Å². The Labute approximate surface area is 221 Å². The molecule has 1 unspecified atom stereocenters. The Morgan fingerprint density at radius 1 is 1.22 bits per heavy atom. The number of hydrogen-bond acceptors (Lipinski definition) is 9. The number of allylic oxidation sites excluding steroid dienone is 1. The second kappa shape index (κ2) is 12.4. The molecule has 3 aromatic rings. The molecule has 1 atom stereocenters. The fraction of sp³-hybridized carbons (Fsp3) is 0.385. The van der Waals surface area contributed by atoms with Crippen LogP contribution in [-0.2, 0) is 11.4 Å². The first-order valence-electron chi connectivity index (χ1n) is 12.1. The van der Waals surface area contributed by atoms with Crippen molar-refractivity contribution in [2.24, 2.45) is 10.9 Å². The number of aromatic nitrogens is 4. The SMILES string of the molecule is CCn1nnc(-c2ccc(OCCCC3CC(c4cc(OC/C=C(/C)N)cc(Cl)c4OC)=NO3)cc2)n1. The number of aryl methyl sites for hydroxylation is 1. The highest BCUT2D eigenvalue weighted by Crippen LogP contribution is 2.36. The summed E-state index contributed by atoms with van der Waals surface area (Å²) in [4.78, 5) is 7.24. The number of benzene rings is 2. The van der Waals surface area contributed by atoms with E-state index in [1.165, 1.54) is 0 Å². The van der Waals surface area contributed by atoms with Crippen LogP contribution in [0.15, 0.2) is 53.3 Å². The highest BCUT2D eigenvalue weighted by Gasteiger charge is 2.26. The molecule has 0 spiro atoms. The monoisotopic (exact) mass is 526 g/mol. The van der Waals surface area contributed by atoms with Crippen molar-refractivity contribution in [3.8, 4) is 28.6 Å². The molecular formula is C26H31ClN6O4. The number of nitrogens with two attached hydrogens (primary N) is 1. The van der Waals surface area contributed by atoms with Crippen molar-refractivity contribution in [2.45, 2.75) is 45.8 Å². The summed E-state index contributed by atoms with van der Waals surface area (Å²) in [6, 6.07) is 11.2. The number of nitrogens with zero attached hydrogens (tertiary/aromatic N) is 5. The summed E-state index contributed by atoms with van der Waals surface area (Å²) in [5, 5.41) is 17.1. The summed E-state index contributed by atoms with van der Waals surface area (Å²) in [6.07, 6.45) is 3.98. The molecule has 2 aromatic carbocycles. The maximum atomic E-state index is 6.44. The van der Waals surface area contributed by atoms with Crippen molar-refractivity contribution in [1.29, 1.82) is 0 Å². The minimum atomic E-state index is -0.0518. The third kappa shape index (κ3) is 6.91. The predicted molar refractivity (Wildman–Crippen MR) is 141 cm³/mol. The first-order valence-corrected chi connectivity index (χ1v) is 12.5. The van der Waals surface area contributed by atoms with Gasteiger partial charge in [-0.05, 0) is 68.3 Å². The highest BCUT2D eigenvalue weighted by molar-refractivity contribution is 6.33. The summed E-state index contributed by atoms with van der Waals surface area (Å²) in [7, 11) is 1.58. The molecule has 0 aliphatic carbocycles. The summed E-state index contributed by atoms with van der Waals surface area (Å²) in [5.74, 6) is 2.53. The van der Waals surface area contributed by atoms with E-state index >= 15 is 0 Å². The van der Waals surface area contributed by atoms with Crippen LogP contribution < -0.4 is 19.9 Å². The second-order valence-electron chi connectivity index (χ2n) is 8.53. The molecule has 1 aliphatic heterocycles. The quantitative estimate of drug-likeness (QED) is 0.340. The Kier molecular flexibility index (Phi) is 8.84. The average molecular weight is 527 g/mol. The predicted octanol–water partition coefficient (Wildman–Crippen LogP) is 4.62. The molecule has 0 fully saturated rings. The van der Waals surface area contributed by atoms with E-state index in [0.717, 1.165) is 35.4 Å². The van der Waals surface area contributed by atoms with Gasteiger partial charge >= 0.3 is 0 Å². The zero-order valence-corrected chi connectivity index (χ0v) is 21.9. The molecule has 11 heteroatoms. The van der Waals surface area contributed by atoms with Crippen LogP contribution in [0.3, 0.4) is 0 Å². The third-order valence-electron chi connectivity index (χ3n) is 5.71. The molecule has 1 aromatic heterocycles. The molecular weight excluding hydrogens is 496 g/mol. The molecule has 0 saturated carbocycles. The lowest BCUT2D eigenvalue weighted by Gasteiger charge is -2.13. The van der Waals surface area contributed by atoms with Crippen LogP contribution in [0, 0.1) is 0 Å². The standard InChI is InChI=1S/C26H31ClN6O4/c1-4-33-30-26(29-32-33)18-7-9-19(10-8-18)35-12-5-6-20-16-24(31-37-20)22-14-21(36-13-11-17(2)28)15-23(27)25(22)34-3/h7-11,14-15,20H,4-6,12-13,16,28H2,1-3H3/b17-11-. The summed E-state index contributed by atoms with van der Waals surface area (Å²) < 4.78 is 17.2. The van der Waals surface area contributed by atoms with E-state index < -0.39 is 0 Å². The van der Waals surface area contributed by atoms with E-state index in [0.29, 0.717) is 54.2 Å². The third-order valence-corrected chi connectivity index (χ3v) is 5.99. The Bertz CT molecular complexity index is 1250. The first-order chi connectivity index (χ1) is 18.0. The van der Waals surface area contributed by atoms with Crippen LogP contribution in [0.5, 0.6) is 17.2 Å². The van der Waals surface area contributed by atoms with Gasteiger partial charge in [0.25, 0.3) is 0 Å². The molecule has 1 aliphatic rings. The maximum absolute atomic E-state index is 6.44. The second-order valence-corrected chi connectivity index (χ2v) is 8.94. The zero-order valence-electron chi connectivity index (χ0n) is 21.2. The highest BCUT2D eigenvalue weighted by atomic mass is 35.5. The van der Waals surface area contributed by atoms with Gasteiger partial charge in [0.05, 0.1) is 31.0 Å². The van der Waals surface area contributed by atoms with Gasteiger partial charge in [0.15, 0.2) is 0 Å². The Hall–Kier alpha value is -3.79. The van der Waals surface area contributed by atoms with Crippen LogP contribution >= 0.6 is 11.6 Å². The summed E-state index contributed by atoms with van der Waals surface area (Å²) >= 11 is 6.44. The van der Waals surface area contributed by atoms with E-state index in [4.69, 9.17) is 36.4 Å². The fourth-order valence-corrected chi connectivity index (χ4v) is 4.07. The minimum Gasteiger partial charge on any atom is -0.494 e. The smallest absolute Gasteiger partial charge is 0.204 e. The molecule has 0 radical (unpaired) electrons. The largest absolute Gasteiger partial charge is 0.494 e. The lowest BCUT2D eigenvalue weighted by Crippen LogP contribution is -2.11. The molecule has 4 rings (SSSR count). The Morgan fingerprint density at radius 2 is 2.03 bits per heavy atom. The molecule has 196 valence electrons. The zero-order chi connectivity index (χ0) is 26.2. The van der Waals surface area contributed by atoms with Crippen LogP contribution in [0.25, 0.3) is 11.4 Å². The summed E-state index contributed by atoms with van der Waals surface area (Å²) in [6.45, 7) is 5.36. The van der Waals surface area contributed by atoms with E-state index in [9.17, 15) is 0 Å². The van der Waals surface area contributed by atoms with Gasteiger partial charge in [-0.25, -0.2) is 0 Å². The van der Waals surface area contributed by atoms with E-state index in [-0.39, 0.29) is 6.10 Å². The number of rotatable bonds is 12. The topological polar surface area (TPSA) is 119 Å². The fourth-order valence-electron chi connectivity index (χ4n) is 3.78. The molecule has 37 heavy (non-hydrogen) atoms. The molecule has 0 saturated heterocycles. The molecule has 0 bridgehead atoms. The number of methoxy groups -OCH3 is 1. The van der Waals surface area contributed by atoms with Crippen molar-refractivity contribution in [3.05, 3.63) is 58.8 Å². The van der Waals surface area contributed by atoms with Gasteiger partial charge < -0.3 is 24.8 Å². The van der Waals surface area contributed by atoms with Crippen LogP contribution in [0.4, 0.5) is 0 Å². The van der Waals surface area contributed by atoms with Crippen molar-refractivity contribution in [2.75, 3.05) is 20.3 Å². The van der Waals surface area contributed by atoms with E-state index in [1.54, 1.807) is 24.0 Å². The van der Waals surface area contributed by atoms with Crippen molar-refractivity contribution in [3.63, 3.8) is 0 Å². The van der Waals surface area contributed by atoms with Gasteiger partial charge in [0, 0.05) is 29.3 Å². The van der Waals surface area contributed by atoms with Gasteiger partial charge in [-0.3, -0.25) is 0 Å². The molecule has 2 N–H and O–H groups in total. The lowest BCUT2D eigenvalue weighted by molar-refractivity contribution is 0.0741. The maximum Gasteiger partial charge on any atom is 0.204 e. The van der Waals surface area contributed by atoms with Gasteiger partial charge in [0.1, 0.15) is 30.0 Å². The first kappa shape index (κ1) is 26.3. The van der Waals surface area contributed by atoms with Crippen LogP contribution in [-0.4, -0.2) is 52.3 Å². The molecule has 2 heterocycles. The molecule has 0 amide bonds. The van der Waals surface area contributed by atoms with Crippen LogP contribution in [0.1, 0.15) is 38.7 Å². The Balaban J connectivity index is 1.26. The van der Waals surface area contributed by atoms with Crippen molar-refractivity contribution >= 4 is 17.3 Å². The normalized spacial score (nSPS) is 15.3. The van der Waals surface area contributed by atoms with E-state index in [2.05, 4.69) is 20.6 Å². The van der Waals surface area contributed by atoms with Gasteiger partial charge in [-0.2, -0.15) is 4.80 Å². The van der Waals surface area contributed by atoms with Gasteiger partial charge in [-0.15, -0.1) is 10.2 Å². The number of hydrogen-bond donors (Lipinski definition) is 1. The number of halogens is 1. The Morgan fingerprint density at radius 3 is 2.73 bits per heavy atom.